The molecule has 0 saturated carbocycles. The molecule has 0 amide bonds. The van der Waals surface area contributed by atoms with Gasteiger partial charge < -0.3 is 34.2 Å². The summed E-state index contributed by atoms with van der Waals surface area (Å²) in [5.41, 5.74) is 5.82. The van der Waals surface area contributed by atoms with E-state index in [9.17, 15) is 19.2 Å². The van der Waals surface area contributed by atoms with Crippen LogP contribution in [0.1, 0.15) is 53.5 Å². The van der Waals surface area contributed by atoms with E-state index in [0.29, 0.717) is 12.0 Å². The molecule has 196 valence electrons. The smallest absolute Gasteiger partial charge is 0.461 e. The van der Waals surface area contributed by atoms with Gasteiger partial charge in [-0.1, -0.05) is 13.0 Å². The van der Waals surface area contributed by atoms with E-state index in [1.807, 2.05) is 6.92 Å². The quantitative estimate of drug-likeness (QED) is 0.256. The average Bonchev–Trinajstić information content (AvgIpc) is 2.79. The van der Waals surface area contributed by atoms with Crippen molar-refractivity contribution in [3.8, 4) is 11.5 Å². The van der Waals surface area contributed by atoms with Gasteiger partial charge >= 0.3 is 24.2 Å². The zero-order valence-corrected chi connectivity index (χ0v) is 21.1. The molecule has 0 spiro atoms. The maximum atomic E-state index is 12.3. The molecule has 0 aliphatic carbocycles. The second-order valence-electron chi connectivity index (χ2n) is 8.25. The van der Waals surface area contributed by atoms with Gasteiger partial charge in [0.05, 0.1) is 18.6 Å². The molecule has 0 unspecified atom stereocenters. The highest BCUT2D eigenvalue weighted by Gasteiger charge is 2.29. The van der Waals surface area contributed by atoms with Crippen LogP contribution >= 0.6 is 0 Å². The highest BCUT2D eigenvalue weighted by molar-refractivity contribution is 5.77. The molecule has 0 fully saturated rings. The third-order valence-corrected chi connectivity index (χ3v) is 4.88. The van der Waals surface area contributed by atoms with Gasteiger partial charge in [-0.15, -0.1) is 0 Å². The first-order chi connectivity index (χ1) is 16.4. The third-order valence-electron chi connectivity index (χ3n) is 4.88. The first kappa shape index (κ1) is 29.7. The lowest BCUT2D eigenvalue weighted by Crippen LogP contribution is -2.37. The molecule has 0 aliphatic heterocycles. The van der Waals surface area contributed by atoms with E-state index in [0.717, 1.165) is 0 Å². The Morgan fingerprint density at radius 3 is 2.03 bits per heavy atom. The molecule has 0 bridgehead atoms. The summed E-state index contributed by atoms with van der Waals surface area (Å²) in [7, 11) is 0. The Balaban J connectivity index is 2.80. The van der Waals surface area contributed by atoms with Crippen molar-refractivity contribution in [3.05, 3.63) is 23.8 Å². The summed E-state index contributed by atoms with van der Waals surface area (Å²) >= 11 is 0. The number of nitrogens with two attached hydrogens (primary N) is 1. The van der Waals surface area contributed by atoms with Gasteiger partial charge in [-0.05, 0) is 65.2 Å². The van der Waals surface area contributed by atoms with E-state index in [-0.39, 0.29) is 43.7 Å². The van der Waals surface area contributed by atoms with Crippen molar-refractivity contribution in [2.45, 2.75) is 66.5 Å². The Morgan fingerprint density at radius 2 is 1.49 bits per heavy atom. The van der Waals surface area contributed by atoms with Crippen LogP contribution in [0, 0.1) is 5.41 Å². The van der Waals surface area contributed by atoms with Crippen LogP contribution in [-0.2, 0) is 35.0 Å². The average molecular weight is 498 g/mol. The predicted octanol–water partition coefficient (Wildman–Crippen LogP) is 3.54. The maximum absolute atomic E-state index is 12.3. The molecular formula is C24H35NO10. The van der Waals surface area contributed by atoms with Gasteiger partial charge in [0.1, 0.15) is 18.8 Å². The zero-order valence-electron chi connectivity index (χ0n) is 21.1. The van der Waals surface area contributed by atoms with E-state index in [2.05, 4.69) is 0 Å². The molecule has 0 aliphatic rings. The molecule has 0 radical (unpaired) electrons. The van der Waals surface area contributed by atoms with Gasteiger partial charge in [0.2, 0.25) is 0 Å². The van der Waals surface area contributed by atoms with Crippen LogP contribution in [-0.4, -0.2) is 56.2 Å². The van der Waals surface area contributed by atoms with Crippen molar-refractivity contribution in [1.82, 2.24) is 0 Å². The second-order valence-corrected chi connectivity index (χ2v) is 8.25. The fourth-order valence-electron chi connectivity index (χ4n) is 2.48. The summed E-state index contributed by atoms with van der Waals surface area (Å²) in [5.74, 6) is -1.29. The number of hydrogen-bond donors (Lipinski definition) is 1. The Bertz CT molecular complexity index is 883. The molecule has 1 rings (SSSR count). The topological polar surface area (TPSA) is 150 Å². The van der Waals surface area contributed by atoms with Crippen molar-refractivity contribution in [2.75, 3.05) is 19.8 Å². The molecule has 11 nitrogen and oxygen atoms in total. The Morgan fingerprint density at radius 1 is 0.914 bits per heavy atom. The SMILES string of the molecule is CCOC(=O)Oc1ccc(C[C@H](N)C(=O)OC[C@H](C)OC(=O)C(C)(C)CC)cc1OC(=O)OCC. The molecule has 11 heteroatoms. The van der Waals surface area contributed by atoms with Crippen molar-refractivity contribution in [1.29, 1.82) is 0 Å². The van der Waals surface area contributed by atoms with E-state index in [1.165, 1.54) is 18.2 Å². The minimum absolute atomic E-state index is 0.0226. The number of benzene rings is 1. The Hall–Kier alpha value is -3.34. The Labute approximate surface area is 205 Å². The number of carbonyl (C=O) groups excluding carboxylic acids is 4. The fourth-order valence-corrected chi connectivity index (χ4v) is 2.48. The van der Waals surface area contributed by atoms with E-state index >= 15 is 0 Å². The van der Waals surface area contributed by atoms with Gasteiger partial charge in [0, 0.05) is 0 Å². The highest BCUT2D eigenvalue weighted by Crippen LogP contribution is 2.30. The number of rotatable bonds is 12. The van der Waals surface area contributed by atoms with Crippen LogP contribution in [0.2, 0.25) is 0 Å². The van der Waals surface area contributed by atoms with Crippen LogP contribution in [0.3, 0.4) is 0 Å². The molecule has 0 saturated heterocycles. The van der Waals surface area contributed by atoms with Gasteiger partial charge in [-0.3, -0.25) is 9.59 Å². The zero-order chi connectivity index (χ0) is 26.6. The lowest BCUT2D eigenvalue weighted by atomic mass is 9.91. The second kappa shape index (κ2) is 14.1. The van der Waals surface area contributed by atoms with Crippen molar-refractivity contribution in [2.24, 2.45) is 11.1 Å². The summed E-state index contributed by atoms with van der Waals surface area (Å²) in [6.07, 6.45) is -2.00. The molecule has 0 heterocycles. The molecule has 1 aromatic carbocycles. The number of esters is 2. The number of ether oxygens (including phenoxy) is 6. The Kier molecular flexibility index (Phi) is 12.0. The van der Waals surface area contributed by atoms with Crippen molar-refractivity contribution >= 4 is 24.2 Å². The van der Waals surface area contributed by atoms with E-state index in [4.69, 9.17) is 34.2 Å². The van der Waals surface area contributed by atoms with Crippen LogP contribution in [0.4, 0.5) is 9.59 Å². The maximum Gasteiger partial charge on any atom is 0.513 e. The lowest BCUT2D eigenvalue weighted by molar-refractivity contribution is -0.166. The molecule has 35 heavy (non-hydrogen) atoms. The van der Waals surface area contributed by atoms with E-state index < -0.39 is 35.8 Å². The summed E-state index contributed by atoms with van der Waals surface area (Å²) in [4.78, 5) is 47.9. The summed E-state index contributed by atoms with van der Waals surface area (Å²) in [5, 5.41) is 0. The number of carbonyl (C=O) groups is 4. The summed E-state index contributed by atoms with van der Waals surface area (Å²) < 4.78 is 30.1. The predicted molar refractivity (Wildman–Crippen MR) is 124 cm³/mol. The lowest BCUT2D eigenvalue weighted by Gasteiger charge is -2.23. The molecule has 2 atom stereocenters. The summed E-state index contributed by atoms with van der Waals surface area (Å²) in [6.45, 7) is 10.3. The first-order valence-corrected chi connectivity index (χ1v) is 11.4. The molecule has 0 aromatic heterocycles. The minimum Gasteiger partial charge on any atom is -0.461 e. The highest BCUT2D eigenvalue weighted by atomic mass is 16.7. The largest absolute Gasteiger partial charge is 0.513 e. The van der Waals surface area contributed by atoms with E-state index in [1.54, 1.807) is 34.6 Å². The van der Waals surface area contributed by atoms with Gasteiger partial charge in [0.25, 0.3) is 0 Å². The molecule has 2 N–H and O–H groups in total. The standard InChI is InChI=1S/C24H35NO10/c1-7-24(5,6)21(27)33-15(4)14-32-20(26)17(25)12-16-10-11-18(34-22(28)30-8-2)19(13-16)35-23(29)31-9-3/h10-11,13,15,17H,7-9,12,14,25H2,1-6H3/t15-,17-/m0/s1. The van der Waals surface area contributed by atoms with Crippen molar-refractivity contribution < 1.29 is 47.6 Å². The van der Waals surface area contributed by atoms with Crippen LogP contribution in [0.15, 0.2) is 18.2 Å². The van der Waals surface area contributed by atoms with Gasteiger partial charge in [0.15, 0.2) is 11.5 Å². The van der Waals surface area contributed by atoms with Gasteiger partial charge in [-0.25, -0.2) is 9.59 Å². The monoisotopic (exact) mass is 497 g/mol. The fraction of sp³-hybridized carbons (Fsp3) is 0.583. The molecular weight excluding hydrogens is 462 g/mol. The minimum atomic E-state index is -1.06. The van der Waals surface area contributed by atoms with Gasteiger partial charge in [-0.2, -0.15) is 0 Å². The van der Waals surface area contributed by atoms with Crippen molar-refractivity contribution in [3.63, 3.8) is 0 Å². The normalized spacial score (nSPS) is 12.7. The molecule has 1 aromatic rings. The first-order valence-electron chi connectivity index (χ1n) is 11.4. The van der Waals surface area contributed by atoms with Crippen LogP contribution in [0.5, 0.6) is 11.5 Å². The third kappa shape index (κ3) is 10.2. The van der Waals surface area contributed by atoms with Crippen LogP contribution in [0.25, 0.3) is 0 Å². The number of hydrogen-bond acceptors (Lipinski definition) is 11. The van der Waals surface area contributed by atoms with Crippen LogP contribution < -0.4 is 15.2 Å². The summed E-state index contributed by atoms with van der Waals surface area (Å²) in [6, 6.07) is 3.24.